The van der Waals surface area contributed by atoms with Crippen LogP contribution in [0.4, 0.5) is 31.5 Å². The lowest BCUT2D eigenvalue weighted by Gasteiger charge is -2.23. The van der Waals surface area contributed by atoms with Crippen molar-refractivity contribution in [1.82, 2.24) is 15.5 Å². The smallest absolute Gasteiger partial charge is 0.475 e. The summed E-state index contributed by atoms with van der Waals surface area (Å²) in [6.07, 6.45) is -2.18. The summed E-state index contributed by atoms with van der Waals surface area (Å²) in [6, 6.07) is 9.68. The number of hydrogen-bond acceptors (Lipinski definition) is 7. The summed E-state index contributed by atoms with van der Waals surface area (Å²) in [7, 11) is 0. The van der Waals surface area contributed by atoms with E-state index in [0.29, 0.717) is 12.8 Å². The van der Waals surface area contributed by atoms with Crippen LogP contribution in [-0.4, -0.2) is 51.7 Å². The van der Waals surface area contributed by atoms with E-state index in [1.807, 2.05) is 30.3 Å². The van der Waals surface area contributed by atoms with Gasteiger partial charge >= 0.3 is 18.3 Å². The minimum Gasteiger partial charge on any atom is -0.475 e. The number of carboxylic acid groups (broad SMARTS) is 1. The third-order valence-corrected chi connectivity index (χ3v) is 6.35. The van der Waals surface area contributed by atoms with Crippen LogP contribution >= 0.6 is 11.3 Å². The van der Waals surface area contributed by atoms with Crippen LogP contribution in [0.2, 0.25) is 0 Å². The number of Topliss-reactive ketones (excluding diaryl/α,β-unsaturated/α-hetero) is 1. The van der Waals surface area contributed by atoms with Gasteiger partial charge in [0.1, 0.15) is 5.78 Å². The molecule has 1 amide bonds. The Morgan fingerprint density at radius 2 is 1.77 bits per heavy atom. The maximum atomic E-state index is 12.7. The number of nitrogens with one attached hydrogen (secondary N) is 2. The molecule has 8 nitrogen and oxygen atoms in total. The lowest BCUT2D eigenvalue weighted by Crippen LogP contribution is -2.41. The first-order valence-corrected chi connectivity index (χ1v) is 12.6. The van der Waals surface area contributed by atoms with Crippen molar-refractivity contribution in [3.8, 4) is 0 Å². The molecule has 39 heavy (non-hydrogen) atoms. The number of carboxylic acids is 1. The summed E-state index contributed by atoms with van der Waals surface area (Å²) in [5.74, 6) is -3.42. The van der Waals surface area contributed by atoms with Crippen molar-refractivity contribution in [2.24, 2.45) is 5.92 Å². The monoisotopic (exact) mass is 580 g/mol. The van der Waals surface area contributed by atoms with Crippen molar-refractivity contribution in [3.05, 3.63) is 53.1 Å². The number of rotatable bonds is 9. The van der Waals surface area contributed by atoms with E-state index in [-0.39, 0.29) is 34.2 Å². The van der Waals surface area contributed by atoms with E-state index in [4.69, 9.17) is 9.90 Å². The number of halogens is 6. The zero-order valence-corrected chi connectivity index (χ0v) is 21.2. The Morgan fingerprint density at radius 3 is 2.31 bits per heavy atom. The van der Waals surface area contributed by atoms with Crippen LogP contribution in [0, 0.1) is 5.92 Å². The molecule has 0 unspecified atom stereocenters. The first kappa shape index (κ1) is 31.9. The summed E-state index contributed by atoms with van der Waals surface area (Å²) >= 11 is 0.264. The van der Waals surface area contributed by atoms with Crippen molar-refractivity contribution < 1.29 is 45.8 Å². The third-order valence-electron chi connectivity index (χ3n) is 5.47. The Hall–Kier alpha value is -3.33. The summed E-state index contributed by atoms with van der Waals surface area (Å²) in [5, 5.41) is 17.7. The van der Waals surface area contributed by atoms with E-state index in [2.05, 4.69) is 20.8 Å². The molecule has 2 heterocycles. The fourth-order valence-electron chi connectivity index (χ4n) is 3.55. The molecule has 0 bridgehead atoms. The number of ketones is 1. The highest BCUT2D eigenvalue weighted by molar-refractivity contribution is 7.15. The Morgan fingerprint density at radius 1 is 1.10 bits per heavy atom. The standard InChI is InChI=1S/C22H25F3N4O2S.C2HF3O2/c23-22(24,25)20-28-29-21(32-20)27-19(31)12-11-16(10-9-15-6-2-1-3-7-15)14-18(30)17-8-4-5-13-26-17;3-2(4,5)1(6)7/h1-3,6-7,11-12,16-17,26H,4-5,8-10,13-14H2,(H,27,29,31);(H,6,7)/b12-11+;/t16-,17-;/m0./s1. The fourth-order valence-corrected chi connectivity index (χ4v) is 4.16. The van der Waals surface area contributed by atoms with E-state index in [9.17, 15) is 35.9 Å². The van der Waals surface area contributed by atoms with E-state index < -0.39 is 29.2 Å². The number of carbonyl (C=O) groups is 3. The normalized spacial score (nSPS) is 16.7. The van der Waals surface area contributed by atoms with Crippen LogP contribution in [0.25, 0.3) is 0 Å². The molecular weight excluding hydrogens is 554 g/mol. The molecule has 214 valence electrons. The molecule has 2 aromatic rings. The second-order valence-electron chi connectivity index (χ2n) is 8.52. The maximum Gasteiger partial charge on any atom is 0.490 e. The number of hydrogen-bond donors (Lipinski definition) is 3. The lowest BCUT2D eigenvalue weighted by atomic mass is 9.90. The largest absolute Gasteiger partial charge is 0.490 e. The highest BCUT2D eigenvalue weighted by Gasteiger charge is 2.38. The average molecular weight is 581 g/mol. The zero-order chi connectivity index (χ0) is 29.1. The molecule has 1 fully saturated rings. The van der Waals surface area contributed by atoms with E-state index >= 15 is 0 Å². The number of piperidine rings is 1. The molecule has 1 aliphatic heterocycles. The van der Waals surface area contributed by atoms with Crippen molar-refractivity contribution in [3.63, 3.8) is 0 Å². The Bertz CT molecular complexity index is 1120. The molecule has 1 saturated heterocycles. The predicted octanol–water partition coefficient (Wildman–Crippen LogP) is 5.04. The van der Waals surface area contributed by atoms with Crippen LogP contribution in [-0.2, 0) is 27.0 Å². The molecule has 3 N–H and O–H groups in total. The molecular formula is C24H26F6N4O4S. The van der Waals surface area contributed by atoms with Crippen molar-refractivity contribution >= 4 is 34.1 Å². The fraction of sp³-hybridized carbons (Fsp3) is 0.458. The van der Waals surface area contributed by atoms with Gasteiger partial charge in [-0.3, -0.25) is 14.9 Å². The Balaban J connectivity index is 0.000000673. The summed E-state index contributed by atoms with van der Waals surface area (Å²) < 4.78 is 69.6. The number of benzene rings is 1. The number of nitrogens with zero attached hydrogens (tertiary/aromatic N) is 2. The van der Waals surface area contributed by atoms with Crippen LogP contribution in [0.5, 0.6) is 0 Å². The highest BCUT2D eigenvalue weighted by Crippen LogP contribution is 2.33. The maximum absolute atomic E-state index is 12.7. The van der Waals surface area contributed by atoms with Crippen LogP contribution in [0.15, 0.2) is 42.5 Å². The number of anilines is 1. The van der Waals surface area contributed by atoms with Gasteiger partial charge in [-0.1, -0.05) is 54.2 Å². The molecule has 0 spiro atoms. The molecule has 0 saturated carbocycles. The minimum absolute atomic E-state index is 0.117. The second-order valence-corrected chi connectivity index (χ2v) is 9.50. The van der Waals surface area contributed by atoms with Crippen LogP contribution in [0.3, 0.4) is 0 Å². The Kier molecular flexibility index (Phi) is 12.0. The van der Waals surface area contributed by atoms with Gasteiger partial charge in [-0.15, -0.1) is 10.2 Å². The number of alkyl halides is 6. The molecule has 15 heteroatoms. The second kappa shape index (κ2) is 14.7. The van der Waals surface area contributed by atoms with E-state index in [1.165, 1.54) is 6.08 Å². The molecule has 1 aliphatic rings. The van der Waals surface area contributed by atoms with Gasteiger partial charge in [0, 0.05) is 6.42 Å². The Labute approximate surface area is 223 Å². The predicted molar refractivity (Wildman–Crippen MR) is 130 cm³/mol. The van der Waals surface area contributed by atoms with Gasteiger partial charge in [0.05, 0.1) is 6.04 Å². The van der Waals surface area contributed by atoms with Gasteiger partial charge < -0.3 is 10.4 Å². The van der Waals surface area contributed by atoms with Crippen LogP contribution in [0.1, 0.15) is 42.7 Å². The van der Waals surface area contributed by atoms with Gasteiger partial charge in [-0.2, -0.15) is 26.3 Å². The van der Waals surface area contributed by atoms with Gasteiger partial charge in [0.15, 0.2) is 0 Å². The number of amides is 1. The van der Waals surface area contributed by atoms with Gasteiger partial charge in [0.2, 0.25) is 16.0 Å². The van der Waals surface area contributed by atoms with Crippen molar-refractivity contribution in [2.75, 3.05) is 11.9 Å². The number of aliphatic carboxylic acids is 1. The molecule has 2 atom stereocenters. The molecule has 1 aromatic carbocycles. The SMILES string of the molecule is O=C(/C=C/[C@H](CCc1ccccc1)CC(=O)[C@@H]1CCCCN1)Nc1nnc(C(F)(F)F)s1.O=C(O)C(F)(F)F. The quantitative estimate of drug-likeness (QED) is 0.281. The molecule has 0 radical (unpaired) electrons. The van der Waals surface area contributed by atoms with Gasteiger partial charge in [-0.05, 0) is 49.8 Å². The van der Waals surface area contributed by atoms with E-state index in [0.717, 1.165) is 37.8 Å². The number of aromatic nitrogens is 2. The van der Waals surface area contributed by atoms with Gasteiger partial charge in [0.25, 0.3) is 0 Å². The zero-order valence-electron chi connectivity index (χ0n) is 20.4. The minimum atomic E-state index is -5.08. The first-order chi connectivity index (χ1) is 18.3. The van der Waals surface area contributed by atoms with Gasteiger partial charge in [-0.25, -0.2) is 4.79 Å². The number of carbonyl (C=O) groups excluding carboxylic acids is 2. The molecule has 3 rings (SSSR count). The van der Waals surface area contributed by atoms with Crippen molar-refractivity contribution in [1.29, 1.82) is 0 Å². The van der Waals surface area contributed by atoms with Crippen molar-refractivity contribution in [2.45, 2.75) is 56.9 Å². The highest BCUT2D eigenvalue weighted by atomic mass is 32.1. The summed E-state index contributed by atoms with van der Waals surface area (Å²) in [6.45, 7) is 0.825. The van der Waals surface area contributed by atoms with Crippen LogP contribution < -0.4 is 10.6 Å². The average Bonchev–Trinajstić information content (AvgIpc) is 3.35. The lowest BCUT2D eigenvalue weighted by molar-refractivity contribution is -0.192. The summed E-state index contributed by atoms with van der Waals surface area (Å²) in [4.78, 5) is 33.8. The van der Waals surface area contributed by atoms with E-state index in [1.54, 1.807) is 6.08 Å². The third kappa shape index (κ3) is 11.9. The number of allylic oxidation sites excluding steroid dienone is 1. The summed E-state index contributed by atoms with van der Waals surface area (Å²) in [5.41, 5.74) is 1.13. The first-order valence-electron chi connectivity index (χ1n) is 11.8. The molecule has 0 aliphatic carbocycles. The topological polar surface area (TPSA) is 121 Å². The number of aryl methyl sites for hydroxylation is 1. The molecule has 1 aromatic heterocycles.